The monoisotopic (exact) mass is 324 g/mol. The van der Waals surface area contributed by atoms with Gasteiger partial charge < -0.3 is 0 Å². The molecule has 0 saturated carbocycles. The van der Waals surface area contributed by atoms with Gasteiger partial charge in [0.15, 0.2) is 9.84 Å². The van der Waals surface area contributed by atoms with E-state index in [1.807, 2.05) is 38.1 Å². The van der Waals surface area contributed by atoms with Crippen LogP contribution in [0.1, 0.15) is 12.5 Å². The first-order valence-electron chi connectivity index (χ1n) is 6.56. The predicted octanol–water partition coefficient (Wildman–Crippen LogP) is 1.50. The first kappa shape index (κ1) is 14.5. The number of tetrazole rings is 1. The van der Waals surface area contributed by atoms with Crippen molar-refractivity contribution in [2.24, 2.45) is 5.41 Å². The molecule has 0 atom stereocenters. The summed E-state index contributed by atoms with van der Waals surface area (Å²) in [5.74, 6) is 1.19. The molecule has 0 radical (unpaired) electrons. The minimum atomic E-state index is -2.82. The van der Waals surface area contributed by atoms with E-state index in [0.29, 0.717) is 10.9 Å². The highest BCUT2D eigenvalue weighted by Crippen LogP contribution is 2.37. The van der Waals surface area contributed by atoms with Crippen LogP contribution in [-0.2, 0) is 9.84 Å². The fourth-order valence-electron chi connectivity index (χ4n) is 2.53. The Bertz CT molecular complexity index is 758. The van der Waals surface area contributed by atoms with E-state index in [9.17, 15) is 8.42 Å². The number of benzene rings is 1. The average molecular weight is 324 g/mol. The molecule has 2 heterocycles. The molecule has 3 rings (SSSR count). The number of sulfone groups is 1. The van der Waals surface area contributed by atoms with Crippen molar-refractivity contribution in [1.82, 2.24) is 20.2 Å². The Morgan fingerprint density at radius 3 is 2.81 bits per heavy atom. The summed E-state index contributed by atoms with van der Waals surface area (Å²) in [5.41, 5.74) is 1.87. The fourth-order valence-corrected chi connectivity index (χ4v) is 6.07. The molecule has 0 unspecified atom stereocenters. The van der Waals surface area contributed by atoms with E-state index < -0.39 is 9.84 Å². The molecule has 1 aromatic heterocycles. The molecular formula is C13H16N4O2S2. The van der Waals surface area contributed by atoms with E-state index in [-0.39, 0.29) is 16.9 Å². The van der Waals surface area contributed by atoms with Crippen molar-refractivity contribution < 1.29 is 8.42 Å². The second-order valence-electron chi connectivity index (χ2n) is 5.84. The van der Waals surface area contributed by atoms with Gasteiger partial charge in [0, 0.05) is 11.2 Å². The third kappa shape index (κ3) is 3.11. The predicted molar refractivity (Wildman–Crippen MR) is 81.4 cm³/mol. The highest BCUT2D eigenvalue weighted by atomic mass is 32.2. The summed E-state index contributed by atoms with van der Waals surface area (Å²) in [6.45, 7) is 4.00. The van der Waals surface area contributed by atoms with Crippen molar-refractivity contribution >= 4 is 21.6 Å². The molecule has 6 nitrogen and oxygen atoms in total. The summed E-state index contributed by atoms with van der Waals surface area (Å²) in [5, 5.41) is 12.5. The number of hydrogen-bond donors (Lipinski definition) is 0. The van der Waals surface area contributed by atoms with E-state index in [1.165, 1.54) is 11.8 Å². The number of aryl methyl sites for hydroxylation is 1. The van der Waals surface area contributed by atoms with Crippen LogP contribution in [0.5, 0.6) is 0 Å². The summed E-state index contributed by atoms with van der Waals surface area (Å²) in [7, 11) is -2.82. The number of hydrogen-bond acceptors (Lipinski definition) is 6. The smallest absolute Gasteiger partial charge is 0.214 e. The Morgan fingerprint density at radius 1 is 1.38 bits per heavy atom. The molecule has 0 bridgehead atoms. The van der Waals surface area contributed by atoms with Gasteiger partial charge in [-0.15, -0.1) is 5.10 Å². The Hall–Kier alpha value is -1.41. The van der Waals surface area contributed by atoms with Gasteiger partial charge in [0.25, 0.3) is 0 Å². The molecule has 112 valence electrons. The second kappa shape index (κ2) is 5.10. The van der Waals surface area contributed by atoms with E-state index in [0.717, 1.165) is 11.3 Å². The first-order valence-corrected chi connectivity index (χ1v) is 9.36. The van der Waals surface area contributed by atoms with Gasteiger partial charge in [-0.1, -0.05) is 30.8 Å². The Morgan fingerprint density at radius 2 is 2.14 bits per heavy atom. The van der Waals surface area contributed by atoms with Gasteiger partial charge in [0.1, 0.15) is 0 Å². The lowest BCUT2D eigenvalue weighted by Gasteiger charge is -2.36. The van der Waals surface area contributed by atoms with Gasteiger partial charge in [0.05, 0.1) is 17.2 Å². The zero-order valence-corrected chi connectivity index (χ0v) is 13.5. The normalized spacial score (nSPS) is 19.1. The van der Waals surface area contributed by atoms with Crippen LogP contribution in [0.3, 0.4) is 0 Å². The maximum atomic E-state index is 11.3. The maximum absolute atomic E-state index is 11.3. The van der Waals surface area contributed by atoms with E-state index in [1.54, 1.807) is 4.68 Å². The van der Waals surface area contributed by atoms with E-state index in [4.69, 9.17) is 0 Å². The van der Waals surface area contributed by atoms with Crippen LogP contribution in [0.2, 0.25) is 0 Å². The Kier molecular flexibility index (Phi) is 3.53. The molecular weight excluding hydrogens is 308 g/mol. The van der Waals surface area contributed by atoms with Crippen LogP contribution in [0.25, 0.3) is 5.69 Å². The second-order valence-corrected chi connectivity index (χ2v) is 8.85. The molecule has 8 heteroatoms. The summed E-state index contributed by atoms with van der Waals surface area (Å²) in [6.07, 6.45) is 0. The van der Waals surface area contributed by atoms with Crippen LogP contribution in [0.15, 0.2) is 29.4 Å². The molecule has 0 spiro atoms. The zero-order valence-electron chi connectivity index (χ0n) is 11.9. The van der Waals surface area contributed by atoms with Crippen molar-refractivity contribution in [2.75, 3.05) is 17.3 Å². The van der Waals surface area contributed by atoms with Gasteiger partial charge in [-0.3, -0.25) is 0 Å². The Balaban J connectivity index is 1.75. The van der Waals surface area contributed by atoms with Crippen molar-refractivity contribution in [3.05, 3.63) is 29.8 Å². The van der Waals surface area contributed by atoms with Crippen molar-refractivity contribution in [1.29, 1.82) is 0 Å². The van der Waals surface area contributed by atoms with Crippen LogP contribution in [-0.4, -0.2) is 45.9 Å². The van der Waals surface area contributed by atoms with Gasteiger partial charge in [-0.25, -0.2) is 8.42 Å². The lowest BCUT2D eigenvalue weighted by Crippen LogP contribution is -2.48. The van der Waals surface area contributed by atoms with Gasteiger partial charge in [-0.2, -0.15) is 4.68 Å². The summed E-state index contributed by atoms with van der Waals surface area (Å²) >= 11 is 1.50. The third-order valence-corrected chi connectivity index (χ3v) is 7.00. The lowest BCUT2D eigenvalue weighted by atomic mass is 9.98. The maximum Gasteiger partial charge on any atom is 0.214 e. The van der Waals surface area contributed by atoms with Gasteiger partial charge in [-0.05, 0) is 35.0 Å². The highest BCUT2D eigenvalue weighted by Gasteiger charge is 2.44. The van der Waals surface area contributed by atoms with Crippen LogP contribution < -0.4 is 0 Å². The van der Waals surface area contributed by atoms with E-state index in [2.05, 4.69) is 15.5 Å². The van der Waals surface area contributed by atoms with Gasteiger partial charge >= 0.3 is 0 Å². The standard InChI is InChI=1S/C13H16N4O2S2/c1-10-4-3-5-11(6-10)17-12(14-15-16-17)20-7-13(2)8-21(18,19)9-13/h3-6H,7-9H2,1-2H3. The van der Waals surface area contributed by atoms with Crippen LogP contribution in [0.4, 0.5) is 0 Å². The van der Waals surface area contributed by atoms with E-state index >= 15 is 0 Å². The largest absolute Gasteiger partial charge is 0.229 e. The number of aromatic nitrogens is 4. The molecule has 1 fully saturated rings. The van der Waals surface area contributed by atoms with Crippen LogP contribution in [0, 0.1) is 12.3 Å². The van der Waals surface area contributed by atoms with Gasteiger partial charge in [0.2, 0.25) is 5.16 Å². The lowest BCUT2D eigenvalue weighted by molar-refractivity contribution is 0.419. The number of thioether (sulfide) groups is 1. The van der Waals surface area contributed by atoms with Crippen molar-refractivity contribution in [3.8, 4) is 5.69 Å². The summed E-state index contributed by atoms with van der Waals surface area (Å²) in [6, 6.07) is 7.93. The molecule has 1 aliphatic heterocycles. The molecule has 2 aromatic rings. The minimum Gasteiger partial charge on any atom is -0.229 e. The summed E-state index contributed by atoms with van der Waals surface area (Å²) in [4.78, 5) is 0. The number of rotatable bonds is 4. The fraction of sp³-hybridized carbons (Fsp3) is 0.462. The first-order chi connectivity index (χ1) is 9.87. The molecule has 0 amide bonds. The third-order valence-electron chi connectivity index (χ3n) is 3.37. The minimum absolute atomic E-state index is 0.174. The molecule has 21 heavy (non-hydrogen) atoms. The molecule has 1 saturated heterocycles. The molecule has 0 aliphatic carbocycles. The molecule has 1 aromatic carbocycles. The molecule has 0 N–H and O–H groups in total. The quantitative estimate of drug-likeness (QED) is 0.793. The average Bonchev–Trinajstić information content (AvgIpc) is 2.82. The summed E-state index contributed by atoms with van der Waals surface area (Å²) < 4.78 is 24.4. The highest BCUT2D eigenvalue weighted by molar-refractivity contribution is 7.99. The van der Waals surface area contributed by atoms with Crippen molar-refractivity contribution in [3.63, 3.8) is 0 Å². The SMILES string of the molecule is Cc1cccc(-n2nnnc2SCC2(C)CS(=O)(=O)C2)c1. The Labute approximate surface area is 127 Å². The number of nitrogens with zero attached hydrogens (tertiary/aromatic N) is 4. The molecule has 1 aliphatic rings. The zero-order chi connectivity index (χ0) is 15.1. The topological polar surface area (TPSA) is 77.7 Å². The van der Waals surface area contributed by atoms with Crippen molar-refractivity contribution in [2.45, 2.75) is 19.0 Å². The van der Waals surface area contributed by atoms with Crippen LogP contribution >= 0.6 is 11.8 Å².